The first-order valence-corrected chi connectivity index (χ1v) is 12.9. The second-order valence-corrected chi connectivity index (χ2v) is 9.85. The van der Waals surface area contributed by atoms with Gasteiger partial charge in [-0.25, -0.2) is 10.3 Å². The molecule has 2 unspecified atom stereocenters. The van der Waals surface area contributed by atoms with Crippen LogP contribution in [0.5, 0.6) is 5.75 Å². The third-order valence-electron chi connectivity index (χ3n) is 7.45. The van der Waals surface area contributed by atoms with Crippen LogP contribution >= 0.6 is 0 Å². The average molecular weight is 489 g/mol. The molecule has 2 aliphatic carbocycles. The zero-order valence-corrected chi connectivity index (χ0v) is 20.7. The number of hydrazine groups is 1. The molecule has 0 spiro atoms. The molecule has 2 aromatic carbocycles. The highest BCUT2D eigenvalue weighted by Crippen LogP contribution is 2.46. The third kappa shape index (κ3) is 4.28. The zero-order valence-electron chi connectivity index (χ0n) is 20.7. The predicted octanol–water partition coefficient (Wildman–Crippen LogP) is 6.25. The average Bonchev–Trinajstić information content (AvgIpc) is 3.47. The molecule has 3 N–H and O–H groups in total. The van der Waals surface area contributed by atoms with Crippen LogP contribution in [0.1, 0.15) is 63.7 Å². The van der Waals surface area contributed by atoms with E-state index in [-0.39, 0.29) is 12.3 Å². The molecule has 1 aromatic heterocycles. The van der Waals surface area contributed by atoms with Gasteiger partial charge in [0.05, 0.1) is 17.8 Å². The Morgan fingerprint density at radius 2 is 1.97 bits per heavy atom. The molecule has 0 saturated heterocycles. The third-order valence-corrected chi connectivity index (χ3v) is 7.45. The zero-order chi connectivity index (χ0) is 24.6. The van der Waals surface area contributed by atoms with Gasteiger partial charge < -0.3 is 14.0 Å². The molecular weight excluding hydrogens is 456 g/mol. The standard InChI is InChI=1S/C27H32N6O3/c1-3-35-21-13-14-22-23(15-21)33(20-5-4-6-20)25(24(22)26-29-31-32-30-26)18-9-11-19(12-10-18)28-27(34)36-16(2)17-7-8-17/h9-17,20,26H,3-8H2,1-2H3,(H,28,34)(H,29,32)(H,30,31). The number of carbonyl (C=O) groups is 1. The lowest BCUT2D eigenvalue weighted by Crippen LogP contribution is -2.25. The number of hydrogen-bond donors (Lipinski definition) is 3. The SMILES string of the molecule is CCOc1ccc2c(C3N=NNN3)c(-c3ccc(NC(=O)OC(C)C4CC4)cc3)n(C3CCC3)c2c1. The highest BCUT2D eigenvalue weighted by Gasteiger charge is 2.32. The molecule has 0 bridgehead atoms. The Kier molecular flexibility index (Phi) is 6.00. The number of aromatic nitrogens is 1. The Labute approximate surface area is 210 Å². The maximum Gasteiger partial charge on any atom is 0.411 e. The molecule has 0 radical (unpaired) electrons. The van der Waals surface area contributed by atoms with Crippen molar-refractivity contribution in [3.63, 3.8) is 0 Å². The van der Waals surface area contributed by atoms with Crippen LogP contribution in [-0.4, -0.2) is 23.4 Å². The summed E-state index contributed by atoms with van der Waals surface area (Å²) < 4.78 is 13.8. The van der Waals surface area contributed by atoms with E-state index in [9.17, 15) is 4.79 Å². The molecule has 9 heteroatoms. The largest absolute Gasteiger partial charge is 0.494 e. The van der Waals surface area contributed by atoms with Gasteiger partial charge in [0.1, 0.15) is 11.9 Å². The summed E-state index contributed by atoms with van der Waals surface area (Å²) >= 11 is 0. The van der Waals surface area contributed by atoms with Gasteiger partial charge in [-0.1, -0.05) is 17.4 Å². The molecule has 2 saturated carbocycles. The Morgan fingerprint density at radius 1 is 1.17 bits per heavy atom. The molecule has 1 aliphatic heterocycles. The van der Waals surface area contributed by atoms with Gasteiger partial charge in [-0.2, -0.15) is 5.43 Å². The van der Waals surface area contributed by atoms with Crippen molar-refractivity contribution in [1.82, 2.24) is 15.5 Å². The summed E-state index contributed by atoms with van der Waals surface area (Å²) in [5.74, 6) is 1.36. The van der Waals surface area contributed by atoms with Crippen molar-refractivity contribution in [2.24, 2.45) is 16.3 Å². The van der Waals surface area contributed by atoms with Crippen LogP contribution in [0.3, 0.4) is 0 Å². The van der Waals surface area contributed by atoms with Crippen molar-refractivity contribution in [3.8, 4) is 17.0 Å². The maximum atomic E-state index is 12.3. The van der Waals surface area contributed by atoms with E-state index < -0.39 is 6.09 Å². The van der Waals surface area contributed by atoms with Gasteiger partial charge >= 0.3 is 6.09 Å². The Hall–Kier alpha value is -3.59. The fourth-order valence-electron chi connectivity index (χ4n) is 5.19. The topological polar surface area (TPSA) is 101 Å². The molecule has 3 aromatic rings. The summed E-state index contributed by atoms with van der Waals surface area (Å²) in [5.41, 5.74) is 11.0. The number of ether oxygens (including phenoxy) is 2. The number of amides is 1. The molecule has 3 aliphatic rings. The van der Waals surface area contributed by atoms with Gasteiger partial charge in [0, 0.05) is 28.7 Å². The fourth-order valence-corrected chi connectivity index (χ4v) is 5.19. The van der Waals surface area contributed by atoms with Gasteiger partial charge in [-0.3, -0.25) is 5.32 Å². The summed E-state index contributed by atoms with van der Waals surface area (Å²) in [7, 11) is 0. The van der Waals surface area contributed by atoms with Crippen molar-refractivity contribution in [2.75, 3.05) is 11.9 Å². The normalized spacial score (nSPS) is 20.1. The van der Waals surface area contributed by atoms with Crippen LogP contribution in [0.4, 0.5) is 10.5 Å². The monoisotopic (exact) mass is 488 g/mol. The minimum Gasteiger partial charge on any atom is -0.494 e. The van der Waals surface area contributed by atoms with Crippen molar-refractivity contribution in [3.05, 3.63) is 48.0 Å². The number of anilines is 1. The smallest absolute Gasteiger partial charge is 0.411 e. The quantitative estimate of drug-likeness (QED) is 0.348. The first kappa shape index (κ1) is 22.8. The van der Waals surface area contributed by atoms with E-state index in [1.807, 2.05) is 32.0 Å². The highest BCUT2D eigenvalue weighted by molar-refractivity contribution is 5.94. The summed E-state index contributed by atoms with van der Waals surface area (Å²) in [6, 6.07) is 14.7. The Bertz CT molecular complexity index is 1290. The molecule has 2 atom stereocenters. The van der Waals surface area contributed by atoms with Crippen molar-refractivity contribution in [1.29, 1.82) is 0 Å². The van der Waals surface area contributed by atoms with Gasteiger partial charge in [0.15, 0.2) is 6.17 Å². The molecule has 6 rings (SSSR count). The second kappa shape index (κ2) is 9.46. The number of nitrogens with one attached hydrogen (secondary N) is 3. The molecular formula is C27H32N6O3. The van der Waals surface area contributed by atoms with Crippen LogP contribution in [0, 0.1) is 5.92 Å². The fraction of sp³-hybridized carbons (Fsp3) is 0.444. The summed E-state index contributed by atoms with van der Waals surface area (Å²) in [6.07, 6.45) is 5.00. The summed E-state index contributed by atoms with van der Waals surface area (Å²) in [5, 5.41) is 12.4. The second-order valence-electron chi connectivity index (χ2n) is 9.85. The first-order valence-electron chi connectivity index (χ1n) is 12.9. The van der Waals surface area contributed by atoms with E-state index in [4.69, 9.17) is 9.47 Å². The van der Waals surface area contributed by atoms with Crippen LogP contribution in [0.25, 0.3) is 22.2 Å². The van der Waals surface area contributed by atoms with Crippen LogP contribution in [-0.2, 0) is 4.74 Å². The van der Waals surface area contributed by atoms with Crippen LogP contribution in [0.2, 0.25) is 0 Å². The molecule has 2 heterocycles. The number of rotatable bonds is 8. The first-order chi connectivity index (χ1) is 17.6. The van der Waals surface area contributed by atoms with Crippen molar-refractivity contribution in [2.45, 2.75) is 64.3 Å². The molecule has 9 nitrogen and oxygen atoms in total. The van der Waals surface area contributed by atoms with Gasteiger partial charge in [-0.15, -0.1) is 5.11 Å². The molecule has 188 valence electrons. The van der Waals surface area contributed by atoms with Crippen LogP contribution in [0.15, 0.2) is 52.8 Å². The molecule has 1 amide bonds. The number of carbonyl (C=O) groups excluding carboxylic acids is 1. The predicted molar refractivity (Wildman–Crippen MR) is 138 cm³/mol. The minimum atomic E-state index is -0.406. The lowest BCUT2D eigenvalue weighted by molar-refractivity contribution is 0.108. The number of fused-ring (bicyclic) bond motifs is 1. The lowest BCUT2D eigenvalue weighted by atomic mass is 9.92. The van der Waals surface area contributed by atoms with Crippen molar-refractivity contribution >= 4 is 22.7 Å². The number of benzene rings is 2. The number of nitrogens with zero attached hydrogens (tertiary/aromatic N) is 3. The molecule has 36 heavy (non-hydrogen) atoms. The summed E-state index contributed by atoms with van der Waals surface area (Å²) in [4.78, 5) is 12.3. The van der Waals surface area contributed by atoms with Gasteiger partial charge in [0.25, 0.3) is 0 Å². The molecule has 2 fully saturated rings. The van der Waals surface area contributed by atoms with E-state index in [2.05, 4.69) is 55.4 Å². The van der Waals surface area contributed by atoms with E-state index in [1.165, 1.54) is 6.42 Å². The maximum absolute atomic E-state index is 12.3. The Balaban J connectivity index is 1.39. The van der Waals surface area contributed by atoms with Crippen LogP contribution < -0.4 is 21.0 Å². The minimum absolute atomic E-state index is 0.0479. The van der Waals surface area contributed by atoms with E-state index in [1.54, 1.807) is 0 Å². The van der Waals surface area contributed by atoms with Gasteiger partial charge in [-0.05, 0) is 81.7 Å². The van der Waals surface area contributed by atoms with Gasteiger partial charge in [0.2, 0.25) is 0 Å². The van der Waals surface area contributed by atoms with E-state index >= 15 is 0 Å². The summed E-state index contributed by atoms with van der Waals surface area (Å²) in [6.45, 7) is 4.58. The van der Waals surface area contributed by atoms with E-state index in [0.717, 1.165) is 59.2 Å². The lowest BCUT2D eigenvalue weighted by Gasteiger charge is -2.30. The Morgan fingerprint density at radius 3 is 2.61 bits per heavy atom. The van der Waals surface area contributed by atoms with Crippen molar-refractivity contribution < 1.29 is 14.3 Å². The highest BCUT2D eigenvalue weighted by atomic mass is 16.6. The van der Waals surface area contributed by atoms with E-state index in [0.29, 0.717) is 24.3 Å². The number of hydrogen-bond acceptors (Lipinski definition) is 7.